The van der Waals surface area contributed by atoms with Crippen LogP contribution in [0.3, 0.4) is 0 Å². The van der Waals surface area contributed by atoms with E-state index in [4.69, 9.17) is 0 Å². The molecule has 1 aromatic rings. The molecule has 0 saturated carbocycles. The van der Waals surface area contributed by atoms with E-state index in [1.54, 1.807) is 0 Å². The molecule has 1 heterocycles. The molecule has 0 spiro atoms. The summed E-state index contributed by atoms with van der Waals surface area (Å²) in [6.45, 7) is 2.10. The smallest absolute Gasteiger partial charge is 0.0849 e. The lowest BCUT2D eigenvalue weighted by Crippen LogP contribution is -2.09. The summed E-state index contributed by atoms with van der Waals surface area (Å²) in [4.78, 5) is 4.28. The van der Waals surface area contributed by atoms with E-state index in [9.17, 15) is 0 Å². The number of aliphatic imine (C=N–C) groups is 1. The molecule has 11 heavy (non-hydrogen) atoms. The minimum atomic E-state index is -0.0520. The fraction of sp³-hybridized carbons (Fsp3) is 0.222. The summed E-state index contributed by atoms with van der Waals surface area (Å²) < 4.78 is -0.0520. The highest BCUT2D eigenvalue weighted by Gasteiger charge is 2.27. The van der Waals surface area contributed by atoms with Crippen LogP contribution in [0.4, 0.5) is 5.69 Å². The number of benzene rings is 1. The zero-order chi connectivity index (χ0) is 7.90. The predicted molar refractivity (Wildman–Crippen MR) is 50.9 cm³/mol. The van der Waals surface area contributed by atoms with Crippen LogP contribution in [0.25, 0.3) is 0 Å². The Hall–Kier alpha value is -0.630. The number of alkyl halides is 1. The Morgan fingerprint density at radius 3 is 2.82 bits per heavy atom. The molecule has 0 N–H and O–H groups in total. The average molecular weight is 210 g/mol. The highest BCUT2D eigenvalue weighted by atomic mass is 79.9. The first-order valence-electron chi connectivity index (χ1n) is 3.54. The van der Waals surface area contributed by atoms with Crippen LogP contribution in [0.5, 0.6) is 0 Å². The molecule has 0 aromatic heterocycles. The van der Waals surface area contributed by atoms with Crippen molar-refractivity contribution < 1.29 is 0 Å². The SMILES string of the molecule is CC1(Br)C=Nc2ccccc21. The van der Waals surface area contributed by atoms with Gasteiger partial charge < -0.3 is 0 Å². The third kappa shape index (κ3) is 1.02. The summed E-state index contributed by atoms with van der Waals surface area (Å²) in [6, 6.07) is 8.16. The number of hydrogen-bond acceptors (Lipinski definition) is 1. The van der Waals surface area contributed by atoms with E-state index in [-0.39, 0.29) is 4.32 Å². The van der Waals surface area contributed by atoms with Gasteiger partial charge in [-0.15, -0.1) is 0 Å². The Morgan fingerprint density at radius 2 is 2.09 bits per heavy atom. The van der Waals surface area contributed by atoms with E-state index < -0.39 is 0 Å². The van der Waals surface area contributed by atoms with E-state index in [0.717, 1.165) is 5.69 Å². The van der Waals surface area contributed by atoms with Crippen molar-refractivity contribution in [1.82, 2.24) is 0 Å². The number of rotatable bonds is 0. The second-order valence-corrected chi connectivity index (χ2v) is 4.50. The molecule has 0 radical (unpaired) electrons. The summed E-state index contributed by atoms with van der Waals surface area (Å²) in [5.74, 6) is 0. The fourth-order valence-corrected chi connectivity index (χ4v) is 1.70. The van der Waals surface area contributed by atoms with Gasteiger partial charge in [-0.25, -0.2) is 0 Å². The molecule has 1 aromatic carbocycles. The summed E-state index contributed by atoms with van der Waals surface area (Å²) in [5, 5.41) is 0. The lowest BCUT2D eigenvalue weighted by Gasteiger charge is -2.12. The minimum absolute atomic E-state index is 0.0520. The molecule has 1 unspecified atom stereocenters. The fourth-order valence-electron chi connectivity index (χ4n) is 1.26. The van der Waals surface area contributed by atoms with Gasteiger partial charge in [0.1, 0.15) is 0 Å². The summed E-state index contributed by atoms with van der Waals surface area (Å²) in [6.07, 6.45) is 1.93. The maximum Gasteiger partial charge on any atom is 0.0849 e. The topological polar surface area (TPSA) is 12.4 Å². The molecule has 0 amide bonds. The van der Waals surface area contributed by atoms with Crippen molar-refractivity contribution >= 4 is 27.8 Å². The molecule has 1 aliphatic heterocycles. The monoisotopic (exact) mass is 209 g/mol. The van der Waals surface area contributed by atoms with Crippen molar-refractivity contribution in [3.8, 4) is 0 Å². The maximum atomic E-state index is 4.28. The zero-order valence-electron chi connectivity index (χ0n) is 6.21. The molecular formula is C9H8BrN. The molecule has 1 aliphatic rings. The Bertz CT molecular complexity index is 315. The predicted octanol–water partition coefficient (Wildman–Crippen LogP) is 3.01. The minimum Gasteiger partial charge on any atom is -0.259 e. The van der Waals surface area contributed by atoms with Crippen molar-refractivity contribution in [2.45, 2.75) is 11.2 Å². The van der Waals surface area contributed by atoms with Crippen LogP contribution < -0.4 is 0 Å². The van der Waals surface area contributed by atoms with E-state index in [0.29, 0.717) is 0 Å². The molecule has 1 atom stereocenters. The number of hydrogen-bond donors (Lipinski definition) is 0. The summed E-state index contributed by atoms with van der Waals surface area (Å²) in [5.41, 5.74) is 2.33. The summed E-state index contributed by atoms with van der Waals surface area (Å²) in [7, 11) is 0. The van der Waals surface area contributed by atoms with Gasteiger partial charge in [-0.2, -0.15) is 0 Å². The summed E-state index contributed by atoms with van der Waals surface area (Å²) >= 11 is 3.59. The third-order valence-corrected chi connectivity index (χ3v) is 2.51. The zero-order valence-corrected chi connectivity index (χ0v) is 7.80. The first-order chi connectivity index (χ1) is 5.20. The Morgan fingerprint density at radius 1 is 1.36 bits per heavy atom. The standard InChI is InChI=1S/C9H8BrN/c1-9(10)6-11-8-5-3-2-4-7(8)9/h2-6H,1H3. The molecule has 1 nitrogen and oxygen atoms in total. The Balaban J connectivity index is 2.64. The van der Waals surface area contributed by atoms with Crippen LogP contribution in [0.15, 0.2) is 29.3 Å². The van der Waals surface area contributed by atoms with Gasteiger partial charge >= 0.3 is 0 Å². The highest BCUT2D eigenvalue weighted by Crippen LogP contribution is 2.40. The van der Waals surface area contributed by atoms with E-state index in [2.05, 4.69) is 33.9 Å². The quantitative estimate of drug-likeness (QED) is 0.583. The van der Waals surface area contributed by atoms with Gasteiger partial charge in [0.2, 0.25) is 0 Å². The van der Waals surface area contributed by atoms with E-state index in [1.807, 2.05) is 24.4 Å². The Labute approximate surface area is 74.3 Å². The van der Waals surface area contributed by atoms with Crippen LogP contribution >= 0.6 is 15.9 Å². The second-order valence-electron chi connectivity index (χ2n) is 2.85. The second kappa shape index (κ2) is 2.18. The van der Waals surface area contributed by atoms with Gasteiger partial charge in [0.15, 0.2) is 0 Å². The average Bonchev–Trinajstić information content (AvgIpc) is 2.29. The Kier molecular flexibility index (Phi) is 1.39. The molecule has 2 heteroatoms. The largest absolute Gasteiger partial charge is 0.259 e. The van der Waals surface area contributed by atoms with Crippen molar-refractivity contribution in [2.24, 2.45) is 4.99 Å². The number of fused-ring (bicyclic) bond motifs is 1. The van der Waals surface area contributed by atoms with Crippen molar-refractivity contribution in [1.29, 1.82) is 0 Å². The molecule has 2 rings (SSSR count). The molecule has 0 bridgehead atoms. The van der Waals surface area contributed by atoms with Gasteiger partial charge in [-0.3, -0.25) is 4.99 Å². The van der Waals surface area contributed by atoms with E-state index in [1.165, 1.54) is 5.56 Å². The van der Waals surface area contributed by atoms with Gasteiger partial charge in [0.25, 0.3) is 0 Å². The van der Waals surface area contributed by atoms with Gasteiger partial charge in [-0.1, -0.05) is 34.1 Å². The van der Waals surface area contributed by atoms with Crippen LogP contribution in [0.1, 0.15) is 12.5 Å². The molecule has 0 aliphatic carbocycles. The molecule has 0 fully saturated rings. The van der Waals surface area contributed by atoms with E-state index >= 15 is 0 Å². The molecule has 56 valence electrons. The third-order valence-electron chi connectivity index (χ3n) is 1.88. The first kappa shape index (κ1) is 7.04. The molecule has 0 saturated heterocycles. The van der Waals surface area contributed by atoms with Crippen LogP contribution in [0, 0.1) is 0 Å². The van der Waals surface area contributed by atoms with Crippen molar-refractivity contribution in [3.63, 3.8) is 0 Å². The first-order valence-corrected chi connectivity index (χ1v) is 4.33. The number of nitrogens with zero attached hydrogens (tertiary/aromatic N) is 1. The lowest BCUT2D eigenvalue weighted by molar-refractivity contribution is 1.01. The van der Waals surface area contributed by atoms with Crippen molar-refractivity contribution in [2.75, 3.05) is 0 Å². The van der Waals surface area contributed by atoms with Gasteiger partial charge in [0.05, 0.1) is 10.0 Å². The number of halogens is 1. The lowest BCUT2D eigenvalue weighted by atomic mass is 10.0. The normalized spacial score (nSPS) is 27.1. The van der Waals surface area contributed by atoms with Crippen molar-refractivity contribution in [3.05, 3.63) is 29.8 Å². The molecular weight excluding hydrogens is 202 g/mol. The van der Waals surface area contributed by atoms with Crippen LogP contribution in [-0.4, -0.2) is 6.21 Å². The van der Waals surface area contributed by atoms with Crippen LogP contribution in [0.2, 0.25) is 0 Å². The maximum absolute atomic E-state index is 4.28. The number of para-hydroxylation sites is 1. The van der Waals surface area contributed by atoms with Gasteiger partial charge in [0, 0.05) is 6.21 Å². The van der Waals surface area contributed by atoms with Gasteiger partial charge in [-0.05, 0) is 18.6 Å². The highest BCUT2D eigenvalue weighted by molar-refractivity contribution is 9.10. The van der Waals surface area contributed by atoms with Crippen LogP contribution in [-0.2, 0) is 4.32 Å².